The molecule has 0 saturated heterocycles. The van der Waals surface area contributed by atoms with Crippen molar-refractivity contribution in [1.82, 2.24) is 0 Å². The van der Waals surface area contributed by atoms with Crippen molar-refractivity contribution >= 4 is 5.97 Å². The lowest BCUT2D eigenvalue weighted by atomic mass is 10.2. The van der Waals surface area contributed by atoms with Crippen molar-refractivity contribution in [3.8, 4) is 5.75 Å². The molecular formula is C16H24O3. The third kappa shape index (κ3) is 6.27. The molecule has 0 radical (unpaired) electrons. The van der Waals surface area contributed by atoms with Crippen LogP contribution < -0.4 is 4.74 Å². The number of hydrogen-bond donors (Lipinski definition) is 0. The summed E-state index contributed by atoms with van der Waals surface area (Å²) in [5.41, 5.74) is 0.581. The van der Waals surface area contributed by atoms with Gasteiger partial charge in [0.1, 0.15) is 5.75 Å². The van der Waals surface area contributed by atoms with Crippen LogP contribution >= 0.6 is 0 Å². The molecule has 1 aromatic carbocycles. The van der Waals surface area contributed by atoms with Crippen molar-refractivity contribution in [2.45, 2.75) is 46.0 Å². The van der Waals surface area contributed by atoms with Crippen molar-refractivity contribution in [2.24, 2.45) is 0 Å². The fourth-order valence-corrected chi connectivity index (χ4v) is 1.62. The van der Waals surface area contributed by atoms with Crippen LogP contribution in [0.5, 0.6) is 5.75 Å². The van der Waals surface area contributed by atoms with Gasteiger partial charge in [-0.05, 0) is 37.1 Å². The molecule has 0 spiro atoms. The highest BCUT2D eigenvalue weighted by Crippen LogP contribution is 2.13. The summed E-state index contributed by atoms with van der Waals surface area (Å²) in [4.78, 5) is 11.7. The Morgan fingerprint density at radius 2 is 1.63 bits per heavy atom. The lowest BCUT2D eigenvalue weighted by Crippen LogP contribution is -2.06. The van der Waals surface area contributed by atoms with Crippen LogP contribution in [0.2, 0.25) is 0 Å². The number of ether oxygens (including phenoxy) is 2. The maximum atomic E-state index is 11.7. The highest BCUT2D eigenvalue weighted by Gasteiger charge is 2.06. The molecule has 0 aliphatic rings. The van der Waals surface area contributed by atoms with Gasteiger partial charge >= 0.3 is 5.97 Å². The van der Waals surface area contributed by atoms with Crippen LogP contribution in [-0.4, -0.2) is 19.2 Å². The van der Waals surface area contributed by atoms with E-state index in [2.05, 4.69) is 13.8 Å². The van der Waals surface area contributed by atoms with E-state index in [0.717, 1.165) is 31.6 Å². The molecule has 1 rings (SSSR count). The number of carbonyl (C=O) groups excluding carboxylic acids is 1. The second-order valence-corrected chi connectivity index (χ2v) is 4.57. The third-order valence-electron chi connectivity index (χ3n) is 2.84. The molecule has 0 saturated carbocycles. The molecule has 0 atom stereocenters. The van der Waals surface area contributed by atoms with E-state index in [9.17, 15) is 4.79 Å². The number of unbranched alkanes of at least 4 members (excludes halogenated alkanes) is 3. The molecule has 0 aliphatic heterocycles. The van der Waals surface area contributed by atoms with Crippen LogP contribution in [0.3, 0.4) is 0 Å². The smallest absolute Gasteiger partial charge is 0.338 e. The third-order valence-corrected chi connectivity index (χ3v) is 2.84. The summed E-state index contributed by atoms with van der Waals surface area (Å²) in [7, 11) is 0. The molecule has 106 valence electrons. The minimum atomic E-state index is -0.258. The van der Waals surface area contributed by atoms with E-state index >= 15 is 0 Å². The van der Waals surface area contributed by atoms with Crippen molar-refractivity contribution in [3.05, 3.63) is 29.8 Å². The van der Waals surface area contributed by atoms with Gasteiger partial charge in [0.15, 0.2) is 0 Å². The summed E-state index contributed by atoms with van der Waals surface area (Å²) in [6.45, 7) is 5.45. The lowest BCUT2D eigenvalue weighted by Gasteiger charge is -2.07. The van der Waals surface area contributed by atoms with Gasteiger partial charge in [0.25, 0.3) is 0 Å². The molecule has 19 heavy (non-hydrogen) atoms. The highest BCUT2D eigenvalue weighted by atomic mass is 16.5. The fraction of sp³-hybridized carbons (Fsp3) is 0.562. The molecule has 3 nitrogen and oxygen atoms in total. The Hall–Kier alpha value is -1.51. The van der Waals surface area contributed by atoms with Gasteiger partial charge in [0.05, 0.1) is 18.8 Å². The van der Waals surface area contributed by atoms with Crippen LogP contribution in [0.1, 0.15) is 56.3 Å². The van der Waals surface area contributed by atoms with E-state index < -0.39 is 0 Å². The van der Waals surface area contributed by atoms with Crippen LogP contribution in [-0.2, 0) is 4.74 Å². The molecule has 0 amide bonds. The molecular weight excluding hydrogens is 240 g/mol. The summed E-state index contributed by atoms with van der Waals surface area (Å²) in [5.74, 6) is 0.548. The molecule has 0 heterocycles. The average molecular weight is 264 g/mol. The first-order chi connectivity index (χ1) is 9.27. The second-order valence-electron chi connectivity index (χ2n) is 4.57. The number of benzene rings is 1. The van der Waals surface area contributed by atoms with Gasteiger partial charge in [0, 0.05) is 0 Å². The van der Waals surface area contributed by atoms with Gasteiger partial charge in [0.2, 0.25) is 0 Å². The Bertz CT molecular complexity index is 357. The second kappa shape index (κ2) is 9.42. The summed E-state index contributed by atoms with van der Waals surface area (Å²) in [5, 5.41) is 0. The summed E-state index contributed by atoms with van der Waals surface area (Å²) in [6, 6.07) is 7.15. The standard InChI is InChI=1S/C16H24O3/c1-3-5-7-13-18-15-10-8-14(9-11-15)16(17)19-12-6-4-2/h8-11H,3-7,12-13H2,1-2H3. The maximum absolute atomic E-state index is 11.7. The van der Waals surface area contributed by atoms with Crippen molar-refractivity contribution < 1.29 is 14.3 Å². The number of rotatable bonds is 9. The van der Waals surface area contributed by atoms with Crippen LogP contribution in [0.25, 0.3) is 0 Å². The molecule has 0 aromatic heterocycles. The number of carbonyl (C=O) groups is 1. The van der Waals surface area contributed by atoms with Gasteiger partial charge in [-0.2, -0.15) is 0 Å². The monoisotopic (exact) mass is 264 g/mol. The first-order valence-electron chi connectivity index (χ1n) is 7.18. The zero-order chi connectivity index (χ0) is 13.9. The first kappa shape index (κ1) is 15.5. The summed E-state index contributed by atoms with van der Waals surface area (Å²) < 4.78 is 10.7. The van der Waals surface area contributed by atoms with E-state index in [-0.39, 0.29) is 5.97 Å². The topological polar surface area (TPSA) is 35.5 Å². The minimum absolute atomic E-state index is 0.258. The van der Waals surface area contributed by atoms with Crippen LogP contribution in [0.15, 0.2) is 24.3 Å². The summed E-state index contributed by atoms with van der Waals surface area (Å²) in [6.07, 6.45) is 5.37. The number of hydrogen-bond acceptors (Lipinski definition) is 3. The van der Waals surface area contributed by atoms with Gasteiger partial charge in [-0.3, -0.25) is 0 Å². The SMILES string of the molecule is CCCCCOc1ccc(C(=O)OCCCC)cc1. The predicted molar refractivity (Wildman–Crippen MR) is 76.7 cm³/mol. The quantitative estimate of drug-likeness (QED) is 0.495. The zero-order valence-corrected chi connectivity index (χ0v) is 12.0. The molecule has 0 fully saturated rings. The van der Waals surface area contributed by atoms with Gasteiger partial charge in [-0.25, -0.2) is 4.79 Å². The van der Waals surface area contributed by atoms with Crippen molar-refractivity contribution in [3.63, 3.8) is 0 Å². The predicted octanol–water partition coefficient (Wildman–Crippen LogP) is 4.21. The van der Waals surface area contributed by atoms with E-state index in [1.54, 1.807) is 12.1 Å². The molecule has 1 aromatic rings. The Balaban J connectivity index is 2.36. The Kier molecular flexibility index (Phi) is 7.71. The maximum Gasteiger partial charge on any atom is 0.338 e. The molecule has 3 heteroatoms. The Morgan fingerprint density at radius 3 is 2.26 bits per heavy atom. The van der Waals surface area contributed by atoms with Crippen molar-refractivity contribution in [1.29, 1.82) is 0 Å². The first-order valence-corrected chi connectivity index (χ1v) is 7.18. The Morgan fingerprint density at radius 1 is 0.947 bits per heavy atom. The number of esters is 1. The van der Waals surface area contributed by atoms with Gasteiger partial charge in [-0.1, -0.05) is 33.1 Å². The minimum Gasteiger partial charge on any atom is -0.494 e. The Labute approximate surface area is 115 Å². The zero-order valence-electron chi connectivity index (χ0n) is 12.0. The summed E-state index contributed by atoms with van der Waals surface area (Å²) >= 11 is 0. The lowest BCUT2D eigenvalue weighted by molar-refractivity contribution is 0.0499. The molecule has 0 aliphatic carbocycles. The van der Waals surface area contributed by atoms with Crippen LogP contribution in [0.4, 0.5) is 0 Å². The van der Waals surface area contributed by atoms with Gasteiger partial charge < -0.3 is 9.47 Å². The molecule has 0 unspecified atom stereocenters. The van der Waals surface area contributed by atoms with E-state index in [1.807, 2.05) is 12.1 Å². The van der Waals surface area contributed by atoms with E-state index in [0.29, 0.717) is 12.2 Å². The van der Waals surface area contributed by atoms with E-state index in [1.165, 1.54) is 12.8 Å². The van der Waals surface area contributed by atoms with Crippen LogP contribution in [0, 0.1) is 0 Å². The van der Waals surface area contributed by atoms with E-state index in [4.69, 9.17) is 9.47 Å². The molecule has 0 bridgehead atoms. The average Bonchev–Trinajstić information content (AvgIpc) is 2.44. The largest absolute Gasteiger partial charge is 0.494 e. The highest BCUT2D eigenvalue weighted by molar-refractivity contribution is 5.89. The van der Waals surface area contributed by atoms with Crippen molar-refractivity contribution in [2.75, 3.05) is 13.2 Å². The fourth-order valence-electron chi connectivity index (χ4n) is 1.62. The normalized spacial score (nSPS) is 10.2. The van der Waals surface area contributed by atoms with Gasteiger partial charge in [-0.15, -0.1) is 0 Å². The molecule has 0 N–H and O–H groups in total.